The van der Waals surface area contributed by atoms with E-state index >= 15 is 0 Å². The minimum absolute atomic E-state index is 0.320. The average Bonchev–Trinajstić information content (AvgIpc) is 3.03. The molecule has 4 rings (SSSR count). The van der Waals surface area contributed by atoms with Gasteiger partial charge in [0.15, 0.2) is 0 Å². The number of fused-ring (bicyclic) bond motifs is 3. The van der Waals surface area contributed by atoms with Gasteiger partial charge in [-0.15, -0.1) is 0 Å². The Kier molecular flexibility index (Phi) is 4.09. The minimum atomic E-state index is -0.576. The minimum Gasteiger partial charge on any atom is -0.384 e. The second-order valence-electron chi connectivity index (χ2n) is 5.75. The first-order valence-corrected chi connectivity index (χ1v) is 9.20. The summed E-state index contributed by atoms with van der Waals surface area (Å²) in [6, 6.07) is 17.3. The van der Waals surface area contributed by atoms with Crippen LogP contribution in [0.2, 0.25) is 10.0 Å². The first-order valence-electron chi connectivity index (χ1n) is 7.62. The van der Waals surface area contributed by atoms with Crippen molar-refractivity contribution in [1.82, 2.24) is 0 Å². The number of nitrogens with zero attached hydrogens (tertiary/aromatic N) is 3. The molecule has 126 valence electrons. The van der Waals surface area contributed by atoms with E-state index in [0.29, 0.717) is 32.6 Å². The molecule has 0 bridgehead atoms. The fourth-order valence-electron chi connectivity index (χ4n) is 3.20. The highest BCUT2D eigenvalue weighted by molar-refractivity contribution is 8.03. The quantitative estimate of drug-likeness (QED) is 0.722. The smallest absolute Gasteiger partial charge is 0.123 e. The normalized spacial score (nSPS) is 18.3. The number of benzene rings is 2. The Bertz CT molecular complexity index is 1090. The van der Waals surface area contributed by atoms with E-state index in [9.17, 15) is 10.5 Å². The molecule has 0 fully saturated rings. The summed E-state index contributed by atoms with van der Waals surface area (Å²) < 4.78 is 0. The van der Waals surface area contributed by atoms with Gasteiger partial charge in [0.2, 0.25) is 0 Å². The van der Waals surface area contributed by atoms with Crippen LogP contribution in [0.15, 0.2) is 69.4 Å². The molecule has 0 aromatic heterocycles. The largest absolute Gasteiger partial charge is 0.384 e. The Hall–Kier alpha value is -2.57. The molecular weight excluding hydrogens is 387 g/mol. The number of hydrogen-bond acceptors (Lipinski definition) is 5. The fraction of sp³-hybridized carbons (Fsp3) is 0.0526. The van der Waals surface area contributed by atoms with Crippen molar-refractivity contribution >= 4 is 40.7 Å². The third kappa shape index (κ3) is 2.37. The fourth-order valence-corrected chi connectivity index (χ4v) is 4.68. The van der Waals surface area contributed by atoms with Gasteiger partial charge in [-0.2, -0.15) is 10.5 Å². The summed E-state index contributed by atoms with van der Waals surface area (Å²) in [5.74, 6) is -0.247. The van der Waals surface area contributed by atoms with E-state index in [1.165, 1.54) is 11.8 Å². The summed E-state index contributed by atoms with van der Waals surface area (Å²) >= 11 is 13.6. The predicted molar refractivity (Wildman–Crippen MR) is 103 cm³/mol. The van der Waals surface area contributed by atoms with Crippen LogP contribution in [0.3, 0.4) is 0 Å². The van der Waals surface area contributed by atoms with E-state index in [0.717, 1.165) is 15.6 Å². The molecule has 1 unspecified atom stereocenters. The van der Waals surface area contributed by atoms with Crippen LogP contribution in [-0.2, 0) is 0 Å². The number of halogens is 2. The zero-order chi connectivity index (χ0) is 18.4. The lowest BCUT2D eigenvalue weighted by Gasteiger charge is -2.31. The Morgan fingerprint density at radius 2 is 1.73 bits per heavy atom. The van der Waals surface area contributed by atoms with Crippen LogP contribution in [0.1, 0.15) is 11.5 Å². The molecule has 2 aliphatic rings. The molecular formula is C19H10Cl2N4S. The average molecular weight is 397 g/mol. The number of para-hydroxylation sites is 1. The van der Waals surface area contributed by atoms with Gasteiger partial charge in [-0.05, 0) is 29.8 Å². The number of thioether (sulfide) groups is 1. The van der Waals surface area contributed by atoms with Gasteiger partial charge in [-0.3, -0.25) is 4.90 Å². The van der Waals surface area contributed by atoms with Crippen LogP contribution in [0.4, 0.5) is 5.69 Å². The first-order chi connectivity index (χ1) is 12.6. The summed E-state index contributed by atoms with van der Waals surface area (Å²) in [6.07, 6.45) is 0. The Balaban J connectivity index is 1.97. The van der Waals surface area contributed by atoms with E-state index in [1.54, 1.807) is 23.1 Å². The molecule has 0 amide bonds. The van der Waals surface area contributed by atoms with Crippen LogP contribution < -0.4 is 10.6 Å². The van der Waals surface area contributed by atoms with Crippen molar-refractivity contribution in [3.8, 4) is 12.1 Å². The van der Waals surface area contributed by atoms with Crippen LogP contribution in [0.25, 0.3) is 0 Å². The highest BCUT2D eigenvalue weighted by Gasteiger charge is 2.40. The van der Waals surface area contributed by atoms with Crippen molar-refractivity contribution in [3.05, 3.63) is 80.1 Å². The number of rotatable bonds is 1. The molecule has 0 saturated carbocycles. The van der Waals surface area contributed by atoms with Crippen molar-refractivity contribution in [2.24, 2.45) is 5.73 Å². The molecule has 0 radical (unpaired) electrons. The van der Waals surface area contributed by atoms with E-state index in [1.807, 2.05) is 24.3 Å². The highest BCUT2D eigenvalue weighted by atomic mass is 35.5. The van der Waals surface area contributed by atoms with Crippen molar-refractivity contribution in [3.63, 3.8) is 0 Å². The number of allylic oxidation sites excluding steroid dienone is 2. The van der Waals surface area contributed by atoms with Crippen LogP contribution >= 0.6 is 35.0 Å². The highest BCUT2D eigenvalue weighted by Crippen LogP contribution is 2.54. The molecule has 0 aliphatic carbocycles. The van der Waals surface area contributed by atoms with E-state index in [-0.39, 0.29) is 0 Å². The number of nitrogens with two attached hydrogens (primary N) is 1. The molecule has 7 heteroatoms. The monoisotopic (exact) mass is 396 g/mol. The molecule has 2 N–H and O–H groups in total. The number of anilines is 1. The topological polar surface area (TPSA) is 76.8 Å². The van der Waals surface area contributed by atoms with Crippen LogP contribution in [0, 0.1) is 22.7 Å². The first kappa shape index (κ1) is 16.9. The molecule has 26 heavy (non-hydrogen) atoms. The van der Waals surface area contributed by atoms with E-state index in [2.05, 4.69) is 12.1 Å². The van der Waals surface area contributed by atoms with Gasteiger partial charge in [-0.1, -0.05) is 53.2 Å². The summed E-state index contributed by atoms with van der Waals surface area (Å²) in [7, 11) is 0. The van der Waals surface area contributed by atoms with Gasteiger partial charge in [0.25, 0.3) is 0 Å². The van der Waals surface area contributed by atoms with Gasteiger partial charge in [0, 0.05) is 4.90 Å². The van der Waals surface area contributed by atoms with Gasteiger partial charge in [0.1, 0.15) is 10.9 Å². The van der Waals surface area contributed by atoms with Gasteiger partial charge in [0.05, 0.1) is 44.9 Å². The molecule has 2 aromatic carbocycles. The second-order valence-corrected chi connectivity index (χ2v) is 7.60. The molecule has 2 heterocycles. The lowest BCUT2D eigenvalue weighted by Crippen LogP contribution is -2.32. The van der Waals surface area contributed by atoms with Gasteiger partial charge >= 0.3 is 0 Å². The van der Waals surface area contributed by atoms with E-state index < -0.39 is 5.92 Å². The molecule has 2 aliphatic heterocycles. The zero-order valence-corrected chi connectivity index (χ0v) is 15.5. The number of nitriles is 2. The predicted octanol–water partition coefficient (Wildman–Crippen LogP) is 5.13. The van der Waals surface area contributed by atoms with Gasteiger partial charge in [-0.25, -0.2) is 0 Å². The Morgan fingerprint density at radius 3 is 2.42 bits per heavy atom. The summed E-state index contributed by atoms with van der Waals surface area (Å²) in [4.78, 5) is 2.77. The van der Waals surface area contributed by atoms with Crippen LogP contribution in [-0.4, -0.2) is 0 Å². The maximum Gasteiger partial charge on any atom is 0.123 e. The standard InChI is InChI=1S/C19H10Cl2N4S/c20-13-6-5-10(7-14(13)21)17-11(8-22)18(24)25-15-3-1-2-4-16(15)26-19(25)12(17)9-23/h1-7,17H,24H2. The van der Waals surface area contributed by atoms with Crippen molar-refractivity contribution in [2.75, 3.05) is 4.90 Å². The number of hydrogen-bond donors (Lipinski definition) is 1. The van der Waals surface area contributed by atoms with Crippen molar-refractivity contribution in [1.29, 1.82) is 10.5 Å². The second kappa shape index (κ2) is 6.30. The van der Waals surface area contributed by atoms with E-state index in [4.69, 9.17) is 28.9 Å². The summed E-state index contributed by atoms with van der Waals surface area (Å²) in [5, 5.41) is 21.2. The summed E-state index contributed by atoms with van der Waals surface area (Å²) in [6.45, 7) is 0. The maximum absolute atomic E-state index is 9.89. The summed E-state index contributed by atoms with van der Waals surface area (Å²) in [5.41, 5.74) is 8.74. The van der Waals surface area contributed by atoms with Gasteiger partial charge < -0.3 is 5.73 Å². The van der Waals surface area contributed by atoms with Crippen LogP contribution in [0.5, 0.6) is 0 Å². The third-order valence-electron chi connectivity index (χ3n) is 4.36. The van der Waals surface area contributed by atoms with Crippen molar-refractivity contribution in [2.45, 2.75) is 10.8 Å². The molecule has 0 saturated heterocycles. The molecule has 4 nitrogen and oxygen atoms in total. The lowest BCUT2D eigenvalue weighted by molar-refractivity contribution is 0.884. The lowest BCUT2D eigenvalue weighted by atomic mass is 9.83. The SMILES string of the molecule is N#CC1=C(N)N2C(=C(C#N)C1c1ccc(Cl)c(Cl)c1)Sc1ccccc12. The molecule has 2 aromatic rings. The third-order valence-corrected chi connectivity index (χ3v) is 6.26. The molecule has 1 atom stereocenters. The Labute approximate surface area is 164 Å². The zero-order valence-electron chi connectivity index (χ0n) is 13.2. The maximum atomic E-state index is 9.89. The Morgan fingerprint density at radius 1 is 1.00 bits per heavy atom. The molecule has 0 spiro atoms. The van der Waals surface area contributed by atoms with Crippen molar-refractivity contribution < 1.29 is 0 Å².